The first-order chi connectivity index (χ1) is 8.65. The molecule has 0 radical (unpaired) electrons. The van der Waals surface area contributed by atoms with Gasteiger partial charge in [0.25, 0.3) is 0 Å². The smallest absolute Gasteiger partial charge is 0.411 e. The summed E-state index contributed by atoms with van der Waals surface area (Å²) >= 11 is 3.37. The minimum Gasteiger partial charge on any atom is -0.446 e. The maximum Gasteiger partial charge on any atom is 0.411 e. The first-order valence-electron chi connectivity index (χ1n) is 6.38. The van der Waals surface area contributed by atoms with Crippen LogP contribution >= 0.6 is 15.9 Å². The van der Waals surface area contributed by atoms with Crippen molar-refractivity contribution < 1.29 is 9.53 Å². The molecule has 1 aromatic rings. The van der Waals surface area contributed by atoms with E-state index >= 15 is 0 Å². The van der Waals surface area contributed by atoms with Crippen molar-refractivity contribution in [1.82, 2.24) is 0 Å². The Kier molecular flexibility index (Phi) is 4.64. The number of hydrogen-bond acceptors (Lipinski definition) is 2. The Morgan fingerprint density at radius 2 is 2.17 bits per heavy atom. The Balaban J connectivity index is 1.88. The van der Waals surface area contributed by atoms with Gasteiger partial charge in [0.1, 0.15) is 6.10 Å². The number of anilines is 1. The highest BCUT2D eigenvalue weighted by Gasteiger charge is 2.24. The summed E-state index contributed by atoms with van der Waals surface area (Å²) in [7, 11) is 0. The molecule has 0 aromatic heterocycles. The molecule has 4 heteroatoms. The van der Waals surface area contributed by atoms with Crippen LogP contribution in [0.3, 0.4) is 0 Å². The normalized spacial score (nSPS) is 23.4. The molecule has 1 saturated carbocycles. The SMILES string of the molecule is C[C@H]1CCCC[C@@H]1OC(=O)Nc1cccc(Br)c1. The monoisotopic (exact) mass is 311 g/mol. The van der Waals surface area contributed by atoms with Crippen LogP contribution in [0.4, 0.5) is 10.5 Å². The van der Waals surface area contributed by atoms with E-state index in [2.05, 4.69) is 28.2 Å². The predicted molar refractivity (Wildman–Crippen MR) is 75.7 cm³/mol. The number of carbonyl (C=O) groups is 1. The highest BCUT2D eigenvalue weighted by molar-refractivity contribution is 9.10. The van der Waals surface area contributed by atoms with Crippen LogP contribution in [0.25, 0.3) is 0 Å². The lowest BCUT2D eigenvalue weighted by atomic mass is 9.88. The molecule has 18 heavy (non-hydrogen) atoms. The maximum absolute atomic E-state index is 11.8. The molecule has 0 heterocycles. The van der Waals surface area contributed by atoms with E-state index in [0.717, 1.165) is 29.4 Å². The molecule has 0 unspecified atom stereocenters. The zero-order chi connectivity index (χ0) is 13.0. The summed E-state index contributed by atoms with van der Waals surface area (Å²) in [4.78, 5) is 11.8. The number of rotatable bonds is 2. The topological polar surface area (TPSA) is 38.3 Å². The Morgan fingerprint density at radius 1 is 1.39 bits per heavy atom. The molecule has 3 nitrogen and oxygen atoms in total. The number of halogens is 1. The Morgan fingerprint density at radius 3 is 2.89 bits per heavy atom. The van der Waals surface area contributed by atoms with Crippen molar-refractivity contribution in [3.05, 3.63) is 28.7 Å². The van der Waals surface area contributed by atoms with Crippen LogP contribution in [0.2, 0.25) is 0 Å². The molecule has 1 N–H and O–H groups in total. The van der Waals surface area contributed by atoms with Gasteiger partial charge in [-0.25, -0.2) is 4.79 Å². The van der Waals surface area contributed by atoms with E-state index in [1.165, 1.54) is 6.42 Å². The van der Waals surface area contributed by atoms with Gasteiger partial charge in [-0.1, -0.05) is 35.3 Å². The third-order valence-electron chi connectivity index (χ3n) is 3.36. The summed E-state index contributed by atoms with van der Waals surface area (Å²) in [6.07, 6.45) is 4.23. The van der Waals surface area contributed by atoms with Crippen LogP contribution in [-0.2, 0) is 4.74 Å². The Hall–Kier alpha value is -1.03. The first kappa shape index (κ1) is 13.4. The zero-order valence-electron chi connectivity index (χ0n) is 10.5. The summed E-state index contributed by atoms with van der Waals surface area (Å²) in [5.74, 6) is 0.465. The van der Waals surface area contributed by atoms with Gasteiger partial charge in [-0.15, -0.1) is 0 Å². The summed E-state index contributed by atoms with van der Waals surface area (Å²) in [6.45, 7) is 2.15. The van der Waals surface area contributed by atoms with E-state index in [9.17, 15) is 4.79 Å². The van der Waals surface area contributed by atoms with Crippen LogP contribution in [0.15, 0.2) is 28.7 Å². The van der Waals surface area contributed by atoms with Crippen LogP contribution < -0.4 is 5.32 Å². The lowest BCUT2D eigenvalue weighted by molar-refractivity contribution is 0.0524. The average molecular weight is 312 g/mol. The van der Waals surface area contributed by atoms with E-state index < -0.39 is 0 Å². The molecule has 1 aliphatic rings. The van der Waals surface area contributed by atoms with E-state index in [1.807, 2.05) is 24.3 Å². The highest BCUT2D eigenvalue weighted by atomic mass is 79.9. The lowest BCUT2D eigenvalue weighted by Crippen LogP contribution is -2.30. The second-order valence-electron chi connectivity index (χ2n) is 4.84. The number of amides is 1. The molecule has 0 bridgehead atoms. The van der Waals surface area contributed by atoms with Crippen LogP contribution in [0.5, 0.6) is 0 Å². The number of nitrogens with one attached hydrogen (secondary N) is 1. The molecule has 0 saturated heterocycles. The molecule has 1 aromatic carbocycles. The summed E-state index contributed by atoms with van der Waals surface area (Å²) in [5, 5.41) is 2.76. The van der Waals surface area contributed by atoms with Crippen molar-refractivity contribution in [2.45, 2.75) is 38.7 Å². The minimum absolute atomic E-state index is 0.0610. The van der Waals surface area contributed by atoms with Crippen molar-refractivity contribution in [2.75, 3.05) is 5.32 Å². The zero-order valence-corrected chi connectivity index (χ0v) is 12.1. The standard InChI is InChI=1S/C14H18BrNO2/c1-10-5-2-3-8-13(10)18-14(17)16-12-7-4-6-11(15)9-12/h4,6-7,9-10,13H,2-3,5,8H2,1H3,(H,16,17)/t10-,13-/m0/s1. The number of benzene rings is 1. The fourth-order valence-corrected chi connectivity index (χ4v) is 2.71. The predicted octanol–water partition coefficient (Wildman–Crippen LogP) is 4.58. The van der Waals surface area contributed by atoms with Gasteiger partial charge >= 0.3 is 6.09 Å². The van der Waals surface area contributed by atoms with Gasteiger partial charge in [0.15, 0.2) is 0 Å². The van der Waals surface area contributed by atoms with Gasteiger partial charge < -0.3 is 4.74 Å². The van der Waals surface area contributed by atoms with Gasteiger partial charge in [0, 0.05) is 10.2 Å². The quantitative estimate of drug-likeness (QED) is 0.868. The highest BCUT2D eigenvalue weighted by Crippen LogP contribution is 2.26. The van der Waals surface area contributed by atoms with Gasteiger partial charge in [-0.3, -0.25) is 5.32 Å². The molecular weight excluding hydrogens is 294 g/mol. The minimum atomic E-state index is -0.355. The van der Waals surface area contributed by atoms with Crippen molar-refractivity contribution in [1.29, 1.82) is 0 Å². The molecule has 2 rings (SSSR count). The third kappa shape index (κ3) is 3.73. The van der Waals surface area contributed by atoms with E-state index in [1.54, 1.807) is 0 Å². The van der Waals surface area contributed by atoms with Gasteiger partial charge in [-0.05, 0) is 43.4 Å². The largest absolute Gasteiger partial charge is 0.446 e. The molecule has 0 aliphatic heterocycles. The van der Waals surface area contributed by atoms with Gasteiger partial charge in [0.05, 0.1) is 0 Å². The number of carbonyl (C=O) groups excluding carboxylic acids is 1. The molecule has 1 amide bonds. The second kappa shape index (κ2) is 6.23. The molecule has 2 atom stereocenters. The number of ether oxygens (including phenoxy) is 1. The lowest BCUT2D eigenvalue weighted by Gasteiger charge is -2.28. The summed E-state index contributed by atoms with van der Waals surface area (Å²) in [6, 6.07) is 7.49. The van der Waals surface area contributed by atoms with Crippen molar-refractivity contribution in [2.24, 2.45) is 5.92 Å². The van der Waals surface area contributed by atoms with E-state index in [4.69, 9.17) is 4.74 Å². The van der Waals surface area contributed by atoms with Gasteiger partial charge in [0.2, 0.25) is 0 Å². The van der Waals surface area contributed by atoms with Gasteiger partial charge in [-0.2, -0.15) is 0 Å². The summed E-state index contributed by atoms with van der Waals surface area (Å²) in [5.41, 5.74) is 0.748. The molecular formula is C14H18BrNO2. The molecule has 1 fully saturated rings. The van der Waals surface area contributed by atoms with Crippen molar-refractivity contribution in [3.8, 4) is 0 Å². The van der Waals surface area contributed by atoms with Crippen LogP contribution in [0, 0.1) is 5.92 Å². The van der Waals surface area contributed by atoms with Crippen molar-refractivity contribution in [3.63, 3.8) is 0 Å². The Labute approximate surface area is 116 Å². The van der Waals surface area contributed by atoms with Crippen LogP contribution in [-0.4, -0.2) is 12.2 Å². The number of hydrogen-bond donors (Lipinski definition) is 1. The summed E-state index contributed by atoms with van der Waals surface area (Å²) < 4.78 is 6.42. The van der Waals surface area contributed by atoms with E-state index in [0.29, 0.717) is 5.92 Å². The molecule has 98 valence electrons. The van der Waals surface area contributed by atoms with E-state index in [-0.39, 0.29) is 12.2 Å². The fourth-order valence-electron chi connectivity index (χ4n) is 2.31. The average Bonchev–Trinajstić information content (AvgIpc) is 2.32. The molecule has 1 aliphatic carbocycles. The first-order valence-corrected chi connectivity index (χ1v) is 7.17. The van der Waals surface area contributed by atoms with Crippen molar-refractivity contribution >= 4 is 27.7 Å². The molecule has 0 spiro atoms. The van der Waals surface area contributed by atoms with Crippen LogP contribution in [0.1, 0.15) is 32.6 Å². The third-order valence-corrected chi connectivity index (χ3v) is 3.86. The maximum atomic E-state index is 11.8. The fraction of sp³-hybridized carbons (Fsp3) is 0.500. The second-order valence-corrected chi connectivity index (χ2v) is 5.76. The Bertz CT molecular complexity index is 422.